The third-order valence-corrected chi connectivity index (χ3v) is 0. The Hall–Kier alpha value is 2.71. The van der Waals surface area contributed by atoms with E-state index in [4.69, 9.17) is 34.8 Å². The van der Waals surface area contributed by atoms with E-state index in [1.54, 1.807) is 0 Å². The van der Waals surface area contributed by atoms with Crippen LogP contribution >= 0.6 is 34.8 Å². The number of rotatable bonds is 0. The van der Waals surface area contributed by atoms with E-state index < -0.39 is 4.30 Å². The third kappa shape index (κ3) is 53.4. The smallest absolute Gasteiger partial charge is 1.00 e. The molecule has 0 rings (SSSR count). The maximum absolute atomic E-state index is 4.81. The second kappa shape index (κ2) is 15.9. The fourth-order valence-electron chi connectivity index (χ4n) is 0. The van der Waals surface area contributed by atoms with Gasteiger partial charge in [0, 0.05) is 0 Å². The summed E-state index contributed by atoms with van der Waals surface area (Å²) in [5, 5.41) is 0. The van der Waals surface area contributed by atoms with Crippen LogP contribution in [-0.2, 0) is 0 Å². The second-order valence-electron chi connectivity index (χ2n) is 0.247. The molecule has 0 radical (unpaired) electrons. The molecule has 0 aliphatic carbocycles. The van der Waals surface area contributed by atoms with Crippen molar-refractivity contribution in [2.45, 2.75) is 4.30 Å². The molecular formula is CHCaCl5. The SMILES string of the molecule is ClC(Cl)Cl.[Ca+2].[Cl-].[Cl-]. The zero-order chi connectivity index (χ0) is 3.58. The van der Waals surface area contributed by atoms with Crippen molar-refractivity contribution < 1.29 is 24.8 Å². The fourth-order valence-corrected chi connectivity index (χ4v) is 0. The molecule has 0 saturated carbocycles. The third-order valence-electron chi connectivity index (χ3n) is 0. The van der Waals surface area contributed by atoms with Crippen LogP contribution in [0.3, 0.4) is 0 Å². The topological polar surface area (TPSA) is 0 Å². The van der Waals surface area contributed by atoms with Gasteiger partial charge in [-0.1, -0.05) is 34.8 Å². The summed E-state index contributed by atoms with van der Waals surface area (Å²) in [6, 6.07) is 0. The number of halogens is 5. The van der Waals surface area contributed by atoms with Crippen molar-refractivity contribution in [1.29, 1.82) is 0 Å². The van der Waals surface area contributed by atoms with Gasteiger partial charge in [-0.25, -0.2) is 0 Å². The van der Waals surface area contributed by atoms with Gasteiger partial charge in [-0.05, 0) is 0 Å². The molecule has 0 aromatic rings. The fraction of sp³-hybridized carbons (Fsp3) is 1.00. The first kappa shape index (κ1) is 22.6. The number of hydrogen-bond donors (Lipinski definition) is 0. The van der Waals surface area contributed by atoms with E-state index >= 15 is 0 Å². The average Bonchev–Trinajstić information content (AvgIpc) is 0.811. The molecule has 6 heteroatoms. The Morgan fingerprint density at radius 1 is 0.857 bits per heavy atom. The standard InChI is InChI=1S/CHCl3.Ca.2ClH/c2-1(3)4;;;/h1H;;2*1H/q;+2;;/p-2. The Morgan fingerprint density at radius 2 is 0.857 bits per heavy atom. The van der Waals surface area contributed by atoms with Gasteiger partial charge < -0.3 is 24.8 Å². The normalized spacial score (nSPS) is 5.14. The van der Waals surface area contributed by atoms with E-state index in [2.05, 4.69) is 0 Å². The van der Waals surface area contributed by atoms with Gasteiger partial charge in [0.05, 0.1) is 0 Å². The molecule has 0 N–H and O–H groups in total. The molecule has 0 aromatic heterocycles. The van der Waals surface area contributed by atoms with Gasteiger partial charge in [0.1, 0.15) is 0 Å². The molecule has 0 amide bonds. The van der Waals surface area contributed by atoms with Gasteiger partial charge in [-0.3, -0.25) is 0 Å². The first-order chi connectivity index (χ1) is 1.73. The van der Waals surface area contributed by atoms with Crippen LogP contribution in [0, 0.1) is 0 Å². The first-order valence-corrected chi connectivity index (χ1v) is 1.96. The van der Waals surface area contributed by atoms with E-state index in [-0.39, 0.29) is 62.6 Å². The maximum Gasteiger partial charge on any atom is 2.00 e. The van der Waals surface area contributed by atoms with Crippen LogP contribution in [-0.4, -0.2) is 42.0 Å². The van der Waals surface area contributed by atoms with Crippen molar-refractivity contribution in [1.82, 2.24) is 0 Å². The maximum atomic E-state index is 4.81. The number of alkyl halides is 3. The van der Waals surface area contributed by atoms with Gasteiger partial charge in [-0.2, -0.15) is 0 Å². The van der Waals surface area contributed by atoms with Gasteiger partial charge in [0.2, 0.25) is 0 Å². The summed E-state index contributed by atoms with van der Waals surface area (Å²) in [7, 11) is 0. The Morgan fingerprint density at radius 3 is 0.857 bits per heavy atom. The molecule has 0 aliphatic heterocycles. The monoisotopic (exact) mass is 228 g/mol. The van der Waals surface area contributed by atoms with Crippen molar-refractivity contribution in [2.75, 3.05) is 0 Å². The average molecular weight is 230 g/mol. The molecule has 7 heavy (non-hydrogen) atoms. The van der Waals surface area contributed by atoms with E-state index in [0.29, 0.717) is 0 Å². The van der Waals surface area contributed by atoms with Crippen molar-refractivity contribution in [3.05, 3.63) is 0 Å². The predicted molar refractivity (Wildman–Crippen MR) is 27.1 cm³/mol. The summed E-state index contributed by atoms with van der Waals surface area (Å²) in [4.78, 5) is 0. The predicted octanol–water partition coefficient (Wildman–Crippen LogP) is -4.39. The van der Waals surface area contributed by atoms with Gasteiger partial charge >= 0.3 is 37.7 Å². The quantitative estimate of drug-likeness (QED) is 0.291. The Balaban J connectivity index is -0.0000000150. The van der Waals surface area contributed by atoms with E-state index in [9.17, 15) is 0 Å². The summed E-state index contributed by atoms with van der Waals surface area (Å²) < 4.78 is -0.750. The van der Waals surface area contributed by atoms with Gasteiger partial charge in [0.15, 0.2) is 4.30 Å². The molecule has 0 nitrogen and oxygen atoms in total. The summed E-state index contributed by atoms with van der Waals surface area (Å²) in [6.45, 7) is 0. The minimum absolute atomic E-state index is 0. The van der Waals surface area contributed by atoms with E-state index in [0.717, 1.165) is 0 Å². The van der Waals surface area contributed by atoms with Crippen LogP contribution < -0.4 is 24.8 Å². The van der Waals surface area contributed by atoms with Crippen molar-refractivity contribution in [3.8, 4) is 0 Å². The Kier molecular flexibility index (Phi) is 51.3. The van der Waals surface area contributed by atoms with Crippen LogP contribution in [0.25, 0.3) is 0 Å². The zero-order valence-electron chi connectivity index (χ0n) is 3.17. The van der Waals surface area contributed by atoms with Gasteiger partial charge in [-0.15, -0.1) is 0 Å². The van der Waals surface area contributed by atoms with Crippen LogP contribution in [0.5, 0.6) is 0 Å². The molecule has 0 unspecified atom stereocenters. The van der Waals surface area contributed by atoms with Crippen LogP contribution in [0.4, 0.5) is 0 Å². The van der Waals surface area contributed by atoms with Crippen molar-refractivity contribution >= 4 is 72.5 Å². The molecule has 0 spiro atoms. The zero-order valence-corrected chi connectivity index (χ0v) is 9.16. The van der Waals surface area contributed by atoms with Crippen molar-refractivity contribution in [2.24, 2.45) is 0 Å². The Labute approximate surface area is 100 Å². The summed E-state index contributed by atoms with van der Waals surface area (Å²) in [6.07, 6.45) is 0. The van der Waals surface area contributed by atoms with Crippen molar-refractivity contribution in [3.63, 3.8) is 0 Å². The summed E-state index contributed by atoms with van der Waals surface area (Å²) in [5.41, 5.74) is 0. The summed E-state index contributed by atoms with van der Waals surface area (Å²) in [5.74, 6) is 0. The van der Waals surface area contributed by atoms with Crippen LogP contribution in [0.1, 0.15) is 0 Å². The Bertz CT molecular complexity index is 12.8. The molecule has 0 bridgehead atoms. The van der Waals surface area contributed by atoms with E-state index in [1.165, 1.54) is 0 Å². The minimum Gasteiger partial charge on any atom is -1.00 e. The number of hydrogen-bond acceptors (Lipinski definition) is 0. The molecular weight excluding hydrogens is 229 g/mol. The first-order valence-electron chi connectivity index (χ1n) is 0.655. The molecule has 0 saturated heterocycles. The van der Waals surface area contributed by atoms with Crippen LogP contribution in [0.15, 0.2) is 0 Å². The molecule has 0 aliphatic rings. The van der Waals surface area contributed by atoms with Gasteiger partial charge in [0.25, 0.3) is 0 Å². The largest absolute Gasteiger partial charge is 2.00 e. The molecule has 0 heterocycles. The molecule has 42 valence electrons. The molecule has 0 atom stereocenters. The minimum atomic E-state index is -0.750. The van der Waals surface area contributed by atoms with E-state index in [1.807, 2.05) is 0 Å². The molecule has 0 fully saturated rings. The second-order valence-corrected chi connectivity index (χ2v) is 2.23. The molecule has 0 aromatic carbocycles. The summed E-state index contributed by atoms with van der Waals surface area (Å²) >= 11 is 14.4. The van der Waals surface area contributed by atoms with Crippen LogP contribution in [0.2, 0.25) is 0 Å².